The van der Waals surface area contributed by atoms with Crippen molar-refractivity contribution in [1.82, 2.24) is 25.0 Å². The van der Waals surface area contributed by atoms with Crippen LogP contribution in [-0.4, -0.2) is 36.0 Å². The molecule has 2 aromatic heterocycles. The molecule has 0 bridgehead atoms. The minimum atomic E-state index is -0.967. The highest BCUT2D eigenvalue weighted by Gasteiger charge is 2.13. The molecule has 3 aromatic rings. The van der Waals surface area contributed by atoms with Gasteiger partial charge in [0.05, 0.1) is 22.8 Å². The Morgan fingerprint density at radius 3 is 2.94 bits per heavy atom. The number of carbonyl (C=O) groups is 1. The quantitative estimate of drug-likeness (QED) is 0.701. The molecule has 0 aliphatic carbocycles. The lowest BCUT2D eigenvalue weighted by Crippen LogP contribution is -1.95. The molecule has 18 heavy (non-hydrogen) atoms. The number of aromatic amines is 1. The number of imidazole rings is 1. The van der Waals surface area contributed by atoms with Crippen LogP contribution in [0.4, 0.5) is 0 Å². The van der Waals surface area contributed by atoms with E-state index >= 15 is 0 Å². The summed E-state index contributed by atoms with van der Waals surface area (Å²) in [5.74, 6) is -0.327. The van der Waals surface area contributed by atoms with Crippen LogP contribution in [0, 0.1) is 0 Å². The predicted molar refractivity (Wildman–Crippen MR) is 63.1 cm³/mol. The maximum absolute atomic E-state index is 10.9. The van der Waals surface area contributed by atoms with Crippen LogP contribution < -0.4 is 0 Å². The highest BCUT2D eigenvalue weighted by molar-refractivity contribution is 5.93. The van der Waals surface area contributed by atoms with Gasteiger partial charge in [0.1, 0.15) is 5.69 Å². The standard InChI is InChI=1S/C11H9N5O2/c1-16-9-3-2-6(11(17)18)4-7(9)13-10(16)8-5-12-15-14-8/h2-5H,1H3,(H,17,18)(H,12,14,15). The monoisotopic (exact) mass is 243 g/mol. The minimum Gasteiger partial charge on any atom is -0.478 e. The van der Waals surface area contributed by atoms with E-state index in [1.165, 1.54) is 0 Å². The summed E-state index contributed by atoms with van der Waals surface area (Å²) in [6.07, 6.45) is 1.57. The molecule has 0 aliphatic rings. The van der Waals surface area contributed by atoms with Gasteiger partial charge in [0.25, 0.3) is 0 Å². The number of nitrogens with one attached hydrogen (secondary N) is 1. The number of hydrogen-bond acceptors (Lipinski definition) is 4. The number of benzene rings is 1. The maximum atomic E-state index is 10.9. The zero-order valence-corrected chi connectivity index (χ0v) is 9.45. The molecule has 0 saturated heterocycles. The van der Waals surface area contributed by atoms with E-state index in [-0.39, 0.29) is 5.56 Å². The third kappa shape index (κ3) is 1.45. The number of H-pyrrole nitrogens is 1. The molecule has 90 valence electrons. The van der Waals surface area contributed by atoms with Gasteiger partial charge in [-0.1, -0.05) is 0 Å². The van der Waals surface area contributed by atoms with Gasteiger partial charge in [0, 0.05) is 7.05 Å². The summed E-state index contributed by atoms with van der Waals surface area (Å²) in [4.78, 5) is 15.3. The molecule has 2 N–H and O–H groups in total. The summed E-state index contributed by atoms with van der Waals surface area (Å²) in [7, 11) is 1.85. The van der Waals surface area contributed by atoms with Gasteiger partial charge < -0.3 is 9.67 Å². The van der Waals surface area contributed by atoms with Crippen LogP contribution in [0.15, 0.2) is 24.4 Å². The first-order valence-corrected chi connectivity index (χ1v) is 5.23. The number of carboxylic acid groups (broad SMARTS) is 1. The van der Waals surface area contributed by atoms with Crippen molar-refractivity contribution in [2.75, 3.05) is 0 Å². The number of hydrogen-bond donors (Lipinski definition) is 2. The van der Waals surface area contributed by atoms with Gasteiger partial charge in [-0.25, -0.2) is 9.78 Å². The van der Waals surface area contributed by atoms with Gasteiger partial charge in [-0.3, -0.25) is 0 Å². The van der Waals surface area contributed by atoms with E-state index in [1.807, 2.05) is 11.6 Å². The Balaban J connectivity index is 2.25. The van der Waals surface area contributed by atoms with Crippen molar-refractivity contribution in [3.05, 3.63) is 30.0 Å². The first-order valence-electron chi connectivity index (χ1n) is 5.23. The summed E-state index contributed by atoms with van der Waals surface area (Å²) < 4.78 is 1.85. The second kappa shape index (κ2) is 3.66. The zero-order valence-electron chi connectivity index (χ0n) is 9.45. The Hall–Kier alpha value is -2.70. The number of fused-ring (bicyclic) bond motifs is 1. The van der Waals surface area contributed by atoms with Gasteiger partial charge in [-0.15, -0.1) is 0 Å². The minimum absolute atomic E-state index is 0.215. The first kappa shape index (κ1) is 10.5. The SMILES string of the molecule is Cn1c(-c2cn[nH]n2)nc2cc(C(=O)O)ccc21. The van der Waals surface area contributed by atoms with Gasteiger partial charge in [-0.2, -0.15) is 15.4 Å². The van der Waals surface area contributed by atoms with Crippen LogP contribution in [0.25, 0.3) is 22.6 Å². The topological polar surface area (TPSA) is 96.7 Å². The molecule has 1 aromatic carbocycles. The van der Waals surface area contributed by atoms with E-state index in [9.17, 15) is 4.79 Å². The number of rotatable bonds is 2. The lowest BCUT2D eigenvalue weighted by molar-refractivity contribution is 0.0697. The van der Waals surface area contributed by atoms with E-state index in [2.05, 4.69) is 20.4 Å². The van der Waals surface area contributed by atoms with Crippen molar-refractivity contribution in [2.24, 2.45) is 7.05 Å². The fourth-order valence-corrected chi connectivity index (χ4v) is 1.87. The van der Waals surface area contributed by atoms with Gasteiger partial charge >= 0.3 is 5.97 Å². The molecule has 0 spiro atoms. The van der Waals surface area contributed by atoms with Crippen LogP contribution >= 0.6 is 0 Å². The Kier molecular flexibility index (Phi) is 2.12. The van der Waals surface area contributed by atoms with Crippen LogP contribution in [0.1, 0.15) is 10.4 Å². The van der Waals surface area contributed by atoms with E-state index in [0.29, 0.717) is 17.0 Å². The summed E-state index contributed by atoms with van der Waals surface area (Å²) in [5, 5.41) is 19.2. The van der Waals surface area contributed by atoms with E-state index in [1.54, 1.807) is 24.4 Å². The largest absolute Gasteiger partial charge is 0.478 e. The molecule has 7 heteroatoms. The molecule has 0 radical (unpaired) electrons. The number of aromatic nitrogens is 5. The van der Waals surface area contributed by atoms with E-state index in [4.69, 9.17) is 5.11 Å². The highest BCUT2D eigenvalue weighted by Crippen LogP contribution is 2.22. The van der Waals surface area contributed by atoms with Crippen molar-refractivity contribution in [3.8, 4) is 11.5 Å². The molecule has 7 nitrogen and oxygen atoms in total. The molecular formula is C11H9N5O2. The van der Waals surface area contributed by atoms with Crippen molar-refractivity contribution in [2.45, 2.75) is 0 Å². The van der Waals surface area contributed by atoms with E-state index < -0.39 is 5.97 Å². The van der Waals surface area contributed by atoms with E-state index in [0.717, 1.165) is 5.52 Å². The molecule has 0 fully saturated rings. The van der Waals surface area contributed by atoms with Crippen LogP contribution in [0.5, 0.6) is 0 Å². The first-order chi connectivity index (χ1) is 8.66. The summed E-state index contributed by atoms with van der Waals surface area (Å²) in [6, 6.07) is 4.83. The number of aryl methyl sites for hydroxylation is 1. The van der Waals surface area contributed by atoms with Crippen molar-refractivity contribution in [3.63, 3.8) is 0 Å². The molecule has 0 saturated carbocycles. The average molecular weight is 243 g/mol. The molecule has 0 amide bonds. The molecule has 0 unspecified atom stereocenters. The second-order valence-electron chi connectivity index (χ2n) is 3.86. The van der Waals surface area contributed by atoms with Crippen molar-refractivity contribution >= 4 is 17.0 Å². The molecular weight excluding hydrogens is 234 g/mol. The van der Waals surface area contributed by atoms with Crippen LogP contribution in [0.2, 0.25) is 0 Å². The number of nitrogens with zero attached hydrogens (tertiary/aromatic N) is 4. The third-order valence-corrected chi connectivity index (χ3v) is 2.77. The third-order valence-electron chi connectivity index (χ3n) is 2.77. The molecule has 0 aliphatic heterocycles. The van der Waals surface area contributed by atoms with Gasteiger partial charge in [0.2, 0.25) is 0 Å². The number of carboxylic acids is 1. The highest BCUT2D eigenvalue weighted by atomic mass is 16.4. The Morgan fingerprint density at radius 1 is 1.44 bits per heavy atom. The smallest absolute Gasteiger partial charge is 0.335 e. The Bertz CT molecular complexity index is 729. The fraction of sp³-hybridized carbons (Fsp3) is 0.0909. The lowest BCUT2D eigenvalue weighted by atomic mass is 10.2. The summed E-state index contributed by atoms with van der Waals surface area (Å²) in [6.45, 7) is 0. The fourth-order valence-electron chi connectivity index (χ4n) is 1.87. The maximum Gasteiger partial charge on any atom is 0.335 e. The van der Waals surface area contributed by atoms with Crippen molar-refractivity contribution < 1.29 is 9.90 Å². The molecule has 0 atom stereocenters. The summed E-state index contributed by atoms with van der Waals surface area (Å²) >= 11 is 0. The predicted octanol–water partition coefficient (Wildman–Crippen LogP) is 1.06. The summed E-state index contributed by atoms with van der Waals surface area (Å²) in [5.41, 5.74) is 2.30. The van der Waals surface area contributed by atoms with Gasteiger partial charge in [-0.05, 0) is 18.2 Å². The van der Waals surface area contributed by atoms with Crippen LogP contribution in [0.3, 0.4) is 0 Å². The Labute approximate surface area is 101 Å². The zero-order chi connectivity index (χ0) is 12.7. The molecule has 2 heterocycles. The van der Waals surface area contributed by atoms with Gasteiger partial charge in [0.15, 0.2) is 5.82 Å². The molecule has 3 rings (SSSR count). The Morgan fingerprint density at radius 2 is 2.28 bits per heavy atom. The lowest BCUT2D eigenvalue weighted by Gasteiger charge is -1.98. The number of aromatic carboxylic acids is 1. The van der Waals surface area contributed by atoms with Crippen LogP contribution in [-0.2, 0) is 7.05 Å². The normalized spacial score (nSPS) is 10.9. The average Bonchev–Trinajstić information content (AvgIpc) is 2.97. The van der Waals surface area contributed by atoms with Crippen molar-refractivity contribution in [1.29, 1.82) is 0 Å². The second-order valence-corrected chi connectivity index (χ2v) is 3.86.